The summed E-state index contributed by atoms with van der Waals surface area (Å²) < 4.78 is 74.4. The van der Waals surface area contributed by atoms with E-state index in [1.807, 2.05) is 91.0 Å². The van der Waals surface area contributed by atoms with Gasteiger partial charge in [0, 0.05) is 17.1 Å². The summed E-state index contributed by atoms with van der Waals surface area (Å²) in [5.41, 5.74) is 2.96. The topological polar surface area (TPSA) is 3.24 Å². The Morgan fingerprint density at radius 2 is 0.911 bits per heavy atom. The van der Waals surface area contributed by atoms with E-state index in [0.29, 0.717) is 16.8 Å². The van der Waals surface area contributed by atoms with E-state index in [-0.39, 0.29) is 70.8 Å². The van der Waals surface area contributed by atoms with Crippen LogP contribution in [0, 0.1) is 0 Å². The highest BCUT2D eigenvalue weighted by molar-refractivity contribution is 5.97. The van der Waals surface area contributed by atoms with Crippen molar-refractivity contribution in [3.05, 3.63) is 188 Å². The maximum Gasteiger partial charge on any atom is 0.0645 e. The maximum absolute atomic E-state index is 9.44. The molecule has 1 nitrogen and oxygen atoms in total. The number of anilines is 3. The van der Waals surface area contributed by atoms with Crippen LogP contribution in [0.3, 0.4) is 0 Å². The van der Waals surface area contributed by atoms with Gasteiger partial charge in [0.25, 0.3) is 0 Å². The van der Waals surface area contributed by atoms with E-state index in [4.69, 9.17) is 2.74 Å². The zero-order valence-electron chi connectivity index (χ0n) is 32.2. The highest BCUT2D eigenvalue weighted by atomic mass is 15.1. The fourth-order valence-electron chi connectivity index (χ4n) is 5.73. The van der Waals surface area contributed by atoms with Crippen LogP contribution in [0.4, 0.5) is 17.1 Å². The molecule has 8 rings (SSSR count). The van der Waals surface area contributed by atoms with Crippen LogP contribution in [-0.2, 0) is 0 Å². The van der Waals surface area contributed by atoms with Crippen LogP contribution in [0.2, 0.25) is 0 Å². The lowest BCUT2D eigenvalue weighted by Gasteiger charge is -2.26. The van der Waals surface area contributed by atoms with Gasteiger partial charge in [0.05, 0.1) is 11.0 Å². The molecule has 0 unspecified atom stereocenters. The Bertz CT molecular complexity index is 2660. The van der Waals surface area contributed by atoms with E-state index in [0.717, 1.165) is 32.7 Å². The van der Waals surface area contributed by atoms with Gasteiger partial charge in [-0.25, -0.2) is 0 Å². The molecule has 0 spiro atoms. The van der Waals surface area contributed by atoms with Crippen LogP contribution in [0.5, 0.6) is 0 Å². The molecule has 0 aromatic heterocycles. The summed E-state index contributed by atoms with van der Waals surface area (Å²) >= 11 is 0. The minimum absolute atomic E-state index is 0.125. The second-order valence-corrected chi connectivity index (χ2v) is 10.8. The van der Waals surface area contributed by atoms with Gasteiger partial charge in [-0.15, -0.1) is 0 Å². The van der Waals surface area contributed by atoms with E-state index in [1.165, 1.54) is 4.90 Å². The van der Waals surface area contributed by atoms with Crippen LogP contribution in [0.15, 0.2) is 188 Å². The molecule has 0 aliphatic carbocycles. The molecule has 0 aliphatic rings. The lowest BCUT2D eigenvalue weighted by Crippen LogP contribution is -2.10. The molecule has 0 saturated carbocycles. The molecule has 0 fully saturated rings. The fourth-order valence-corrected chi connectivity index (χ4v) is 5.73. The first kappa shape index (κ1) is 19.4. The zero-order valence-corrected chi connectivity index (χ0v) is 24.2. The number of benzene rings is 8. The maximum atomic E-state index is 9.44. The van der Waals surface area contributed by atoms with E-state index in [9.17, 15) is 8.22 Å². The normalized spacial score (nSPS) is 13.6. The molecular weight excluding hydrogens is 542 g/mol. The van der Waals surface area contributed by atoms with Gasteiger partial charge in [-0.1, -0.05) is 145 Å². The number of nitrogens with zero attached hydrogens (tertiary/aromatic N) is 1. The lowest BCUT2D eigenvalue weighted by atomic mass is 9.98. The highest BCUT2D eigenvalue weighted by Gasteiger charge is 2.15. The summed E-state index contributed by atoms with van der Waals surface area (Å²) in [5, 5.41) is 3.78. The summed E-state index contributed by atoms with van der Waals surface area (Å²) in [6.45, 7) is 0. The third-order valence-electron chi connectivity index (χ3n) is 7.98. The quantitative estimate of drug-likeness (QED) is 0.189. The van der Waals surface area contributed by atoms with Gasteiger partial charge in [0.1, 0.15) is 0 Å². The van der Waals surface area contributed by atoms with Crippen molar-refractivity contribution >= 4 is 38.6 Å². The van der Waals surface area contributed by atoms with Gasteiger partial charge in [0.2, 0.25) is 0 Å². The van der Waals surface area contributed by atoms with Crippen molar-refractivity contribution in [3.8, 4) is 33.4 Å². The van der Waals surface area contributed by atoms with E-state index in [1.54, 1.807) is 42.5 Å². The molecule has 212 valence electrons. The Morgan fingerprint density at radius 1 is 0.333 bits per heavy atom. The van der Waals surface area contributed by atoms with E-state index in [2.05, 4.69) is 6.07 Å². The predicted molar refractivity (Wildman–Crippen MR) is 192 cm³/mol. The Balaban J connectivity index is 1.41. The van der Waals surface area contributed by atoms with Crippen molar-refractivity contribution in [1.29, 1.82) is 0 Å². The number of hydrogen-bond donors (Lipinski definition) is 0. The van der Waals surface area contributed by atoms with Crippen LogP contribution >= 0.6 is 0 Å². The van der Waals surface area contributed by atoms with Crippen molar-refractivity contribution in [2.24, 2.45) is 0 Å². The van der Waals surface area contributed by atoms with Crippen LogP contribution < -0.4 is 4.90 Å². The minimum Gasteiger partial charge on any atom is -0.310 e. The molecule has 0 amide bonds. The van der Waals surface area contributed by atoms with Crippen molar-refractivity contribution < 1.29 is 11.0 Å². The molecule has 0 aliphatic heterocycles. The largest absolute Gasteiger partial charge is 0.310 e. The molecule has 0 heterocycles. The van der Waals surface area contributed by atoms with Gasteiger partial charge >= 0.3 is 0 Å². The first-order valence-corrected chi connectivity index (χ1v) is 14.8. The third kappa shape index (κ3) is 5.26. The second-order valence-electron chi connectivity index (χ2n) is 10.8. The van der Waals surface area contributed by atoms with Crippen LogP contribution in [0.1, 0.15) is 11.0 Å². The molecular formula is C44H31N. The average Bonchev–Trinajstić information content (AvgIpc) is 3.19. The Hall–Kier alpha value is -5.92. The summed E-state index contributed by atoms with van der Waals surface area (Å²) in [4.78, 5) is 1.35. The Kier molecular flexibility index (Phi) is 5.01. The standard InChI is InChI=1S/C44H31N/c1-2-10-32(11-3-1)34-22-26-40(27-23-34)45(41-28-24-36(25-29-41)44-19-9-15-35-13-6-7-18-43(35)44)42-17-8-16-38(31-42)39-21-20-33-12-4-5-14-37(33)30-39/h1-31H/i22D,23D,24D,25D,26D,27D,28D,29D. The Morgan fingerprint density at radius 3 is 1.69 bits per heavy atom. The highest BCUT2D eigenvalue weighted by Crippen LogP contribution is 2.39. The van der Waals surface area contributed by atoms with E-state index < -0.39 is 0 Å². The van der Waals surface area contributed by atoms with Crippen LogP contribution in [-0.4, -0.2) is 0 Å². The lowest BCUT2D eigenvalue weighted by molar-refractivity contribution is 1.28. The first-order chi connectivity index (χ1) is 25.7. The summed E-state index contributed by atoms with van der Waals surface area (Å²) in [6, 6.07) is 40.5. The number of rotatable bonds is 6. The average molecular weight is 582 g/mol. The van der Waals surface area contributed by atoms with Crippen molar-refractivity contribution in [1.82, 2.24) is 0 Å². The summed E-state index contributed by atoms with van der Waals surface area (Å²) in [7, 11) is 0. The second kappa shape index (κ2) is 11.6. The van der Waals surface area contributed by atoms with Gasteiger partial charge < -0.3 is 4.90 Å². The number of fused-ring (bicyclic) bond motifs is 2. The first-order valence-electron chi connectivity index (χ1n) is 18.8. The molecule has 1 heteroatoms. The SMILES string of the molecule is [2H]c1c([2H])c(N(c2cccc(-c3ccc4ccccc4c3)c2)c2c([2H])c([2H])c(-c3cccc4ccccc34)c([2H])c2[2H])c([2H])c([2H])c1-c1ccccc1. The molecule has 8 aromatic carbocycles. The van der Waals surface area contributed by atoms with Crippen molar-refractivity contribution in [2.75, 3.05) is 4.90 Å². The molecule has 0 atom stereocenters. The molecule has 0 N–H and O–H groups in total. The Labute approximate surface area is 275 Å². The van der Waals surface area contributed by atoms with Crippen LogP contribution in [0.25, 0.3) is 54.9 Å². The van der Waals surface area contributed by atoms with Gasteiger partial charge in [-0.3, -0.25) is 0 Å². The minimum atomic E-state index is -0.381. The monoisotopic (exact) mass is 581 g/mol. The molecule has 45 heavy (non-hydrogen) atoms. The summed E-state index contributed by atoms with van der Waals surface area (Å²) in [6.07, 6.45) is 0. The molecule has 0 radical (unpaired) electrons. The molecule has 8 aromatic rings. The van der Waals surface area contributed by atoms with Crippen molar-refractivity contribution in [3.63, 3.8) is 0 Å². The van der Waals surface area contributed by atoms with Gasteiger partial charge in [-0.05, 0) is 97.3 Å². The predicted octanol–water partition coefficient (Wildman–Crippen LogP) is 12.5. The smallest absolute Gasteiger partial charge is 0.0645 e. The fraction of sp³-hybridized carbons (Fsp3) is 0. The van der Waals surface area contributed by atoms with E-state index >= 15 is 0 Å². The number of hydrogen-bond acceptors (Lipinski definition) is 1. The molecule has 0 bridgehead atoms. The van der Waals surface area contributed by atoms with Gasteiger partial charge in [-0.2, -0.15) is 0 Å². The summed E-state index contributed by atoms with van der Waals surface area (Å²) in [5.74, 6) is 0. The van der Waals surface area contributed by atoms with Crippen molar-refractivity contribution in [2.45, 2.75) is 0 Å². The van der Waals surface area contributed by atoms with Gasteiger partial charge in [0.15, 0.2) is 0 Å². The third-order valence-corrected chi connectivity index (χ3v) is 7.98. The molecule has 0 saturated heterocycles. The zero-order chi connectivity index (χ0) is 37.0.